The zero-order valence-corrected chi connectivity index (χ0v) is 11.9. The summed E-state index contributed by atoms with van der Waals surface area (Å²) in [7, 11) is 0. The van der Waals surface area contributed by atoms with Gasteiger partial charge in [0.2, 0.25) is 0 Å². The molecule has 0 aliphatic carbocycles. The van der Waals surface area contributed by atoms with E-state index >= 15 is 0 Å². The molecule has 0 spiro atoms. The van der Waals surface area contributed by atoms with Gasteiger partial charge in [-0.3, -0.25) is 0 Å². The maximum absolute atomic E-state index is 3.75. The maximum atomic E-state index is 3.75. The summed E-state index contributed by atoms with van der Waals surface area (Å²) < 4.78 is 0. The monoisotopic (exact) mass is 259 g/mol. The van der Waals surface area contributed by atoms with Gasteiger partial charge in [-0.1, -0.05) is 25.1 Å². The number of para-hydroxylation sites is 1. The predicted molar refractivity (Wildman–Crippen MR) is 80.6 cm³/mol. The van der Waals surface area contributed by atoms with E-state index < -0.39 is 0 Å². The van der Waals surface area contributed by atoms with Gasteiger partial charge in [-0.05, 0) is 50.0 Å². The Hall–Kier alpha value is -1.06. The Morgan fingerprint density at radius 1 is 1.32 bits per heavy atom. The van der Waals surface area contributed by atoms with Gasteiger partial charge in [0, 0.05) is 24.8 Å². The minimum atomic E-state index is 0.694. The first kappa shape index (κ1) is 12.9. The van der Waals surface area contributed by atoms with Crippen molar-refractivity contribution >= 4 is 5.69 Å². The van der Waals surface area contributed by atoms with Crippen molar-refractivity contribution in [3.8, 4) is 0 Å². The quantitative estimate of drug-likeness (QED) is 0.868. The van der Waals surface area contributed by atoms with Crippen molar-refractivity contribution in [2.24, 2.45) is 0 Å². The van der Waals surface area contributed by atoms with Crippen LogP contribution >= 0.6 is 0 Å². The van der Waals surface area contributed by atoms with Crippen molar-refractivity contribution in [2.45, 2.75) is 38.8 Å². The molecule has 0 saturated carbocycles. The minimum Gasteiger partial charge on any atom is -0.384 e. The highest BCUT2D eigenvalue weighted by Gasteiger charge is 2.18. The van der Waals surface area contributed by atoms with Gasteiger partial charge >= 0.3 is 0 Å². The number of hydrogen-bond donors (Lipinski definition) is 2. The van der Waals surface area contributed by atoms with E-state index in [0.29, 0.717) is 6.04 Å². The highest BCUT2D eigenvalue weighted by atomic mass is 15.1. The smallest absolute Gasteiger partial charge is 0.0419 e. The van der Waals surface area contributed by atoms with Gasteiger partial charge in [-0.2, -0.15) is 0 Å². The van der Waals surface area contributed by atoms with Gasteiger partial charge in [-0.25, -0.2) is 0 Å². The molecular weight excluding hydrogens is 234 g/mol. The highest BCUT2D eigenvalue weighted by Crippen LogP contribution is 2.26. The summed E-state index contributed by atoms with van der Waals surface area (Å²) in [6, 6.07) is 7.40. The van der Waals surface area contributed by atoms with Crippen LogP contribution in [-0.4, -0.2) is 37.1 Å². The second-order valence-corrected chi connectivity index (χ2v) is 5.72. The number of likely N-dealkylation sites (tertiary alicyclic amines) is 1. The SMILES string of the molecule is CCN1CCC(NCc2cccc3c2NCC3)CC1. The highest BCUT2D eigenvalue weighted by molar-refractivity contribution is 5.61. The molecule has 2 aliphatic heterocycles. The van der Waals surface area contributed by atoms with Crippen LogP contribution in [0.1, 0.15) is 30.9 Å². The fourth-order valence-electron chi connectivity index (χ4n) is 3.27. The lowest BCUT2D eigenvalue weighted by Crippen LogP contribution is -2.42. The lowest BCUT2D eigenvalue weighted by molar-refractivity contribution is 0.206. The van der Waals surface area contributed by atoms with Crippen LogP contribution in [0.15, 0.2) is 18.2 Å². The lowest BCUT2D eigenvalue weighted by Gasteiger charge is -2.31. The Balaban J connectivity index is 1.54. The molecule has 3 rings (SSSR count). The van der Waals surface area contributed by atoms with Gasteiger partial charge in [0.25, 0.3) is 0 Å². The molecular formula is C16H25N3. The van der Waals surface area contributed by atoms with E-state index in [0.717, 1.165) is 13.1 Å². The molecule has 3 nitrogen and oxygen atoms in total. The summed E-state index contributed by atoms with van der Waals surface area (Å²) in [5, 5.41) is 7.27. The molecule has 1 aromatic carbocycles. The number of hydrogen-bond acceptors (Lipinski definition) is 3. The number of fused-ring (bicyclic) bond motifs is 1. The first-order valence-electron chi connectivity index (χ1n) is 7.67. The Morgan fingerprint density at radius 2 is 2.16 bits per heavy atom. The van der Waals surface area contributed by atoms with Crippen molar-refractivity contribution in [3.63, 3.8) is 0 Å². The largest absolute Gasteiger partial charge is 0.384 e. The molecule has 1 saturated heterocycles. The summed E-state index contributed by atoms with van der Waals surface area (Å²) in [6.07, 6.45) is 3.75. The number of rotatable bonds is 4. The molecule has 104 valence electrons. The third-order valence-corrected chi connectivity index (χ3v) is 4.55. The van der Waals surface area contributed by atoms with Gasteiger partial charge in [0.1, 0.15) is 0 Å². The van der Waals surface area contributed by atoms with Crippen LogP contribution in [0.4, 0.5) is 5.69 Å². The summed E-state index contributed by atoms with van der Waals surface area (Å²) in [4.78, 5) is 2.54. The average molecular weight is 259 g/mol. The molecule has 19 heavy (non-hydrogen) atoms. The Bertz CT molecular complexity index is 422. The fourth-order valence-corrected chi connectivity index (χ4v) is 3.27. The van der Waals surface area contributed by atoms with Crippen LogP contribution in [0.2, 0.25) is 0 Å². The fraction of sp³-hybridized carbons (Fsp3) is 0.625. The first-order valence-corrected chi connectivity index (χ1v) is 7.67. The predicted octanol–water partition coefficient (Wildman–Crippen LogP) is 2.23. The third-order valence-electron chi connectivity index (χ3n) is 4.55. The summed E-state index contributed by atoms with van der Waals surface area (Å²) in [5.74, 6) is 0. The number of piperidine rings is 1. The summed E-state index contributed by atoms with van der Waals surface area (Å²) in [6.45, 7) is 8.06. The molecule has 0 bridgehead atoms. The number of nitrogens with zero attached hydrogens (tertiary/aromatic N) is 1. The van der Waals surface area contributed by atoms with Crippen molar-refractivity contribution in [1.29, 1.82) is 0 Å². The molecule has 2 N–H and O–H groups in total. The normalized spacial score (nSPS) is 20.3. The minimum absolute atomic E-state index is 0.694. The van der Waals surface area contributed by atoms with E-state index in [2.05, 4.69) is 40.7 Å². The Kier molecular flexibility index (Phi) is 4.04. The molecule has 0 atom stereocenters. The van der Waals surface area contributed by atoms with Crippen LogP contribution in [0, 0.1) is 0 Å². The maximum Gasteiger partial charge on any atom is 0.0419 e. The van der Waals surface area contributed by atoms with E-state index in [1.807, 2.05) is 0 Å². The van der Waals surface area contributed by atoms with Crippen molar-refractivity contribution in [3.05, 3.63) is 29.3 Å². The third kappa shape index (κ3) is 2.93. The van der Waals surface area contributed by atoms with Gasteiger partial charge in [0.15, 0.2) is 0 Å². The number of benzene rings is 1. The van der Waals surface area contributed by atoms with Gasteiger partial charge in [0.05, 0.1) is 0 Å². The molecule has 1 fully saturated rings. The van der Waals surface area contributed by atoms with E-state index in [-0.39, 0.29) is 0 Å². The molecule has 0 amide bonds. The van der Waals surface area contributed by atoms with Crippen LogP contribution in [0.5, 0.6) is 0 Å². The Morgan fingerprint density at radius 3 is 2.95 bits per heavy atom. The molecule has 0 unspecified atom stereocenters. The molecule has 0 radical (unpaired) electrons. The van der Waals surface area contributed by atoms with Crippen molar-refractivity contribution < 1.29 is 0 Å². The van der Waals surface area contributed by atoms with Gasteiger partial charge in [-0.15, -0.1) is 0 Å². The number of nitrogens with one attached hydrogen (secondary N) is 2. The standard InChI is InChI=1S/C16H25N3/c1-2-19-10-7-15(8-11-19)18-12-14-5-3-4-13-6-9-17-16(13)14/h3-5,15,17-18H,2,6-12H2,1H3. The average Bonchev–Trinajstić information content (AvgIpc) is 2.94. The zero-order valence-electron chi connectivity index (χ0n) is 11.9. The molecule has 1 aromatic rings. The van der Waals surface area contributed by atoms with Gasteiger partial charge < -0.3 is 15.5 Å². The van der Waals surface area contributed by atoms with Crippen molar-refractivity contribution in [2.75, 3.05) is 31.5 Å². The Labute approximate surface area is 116 Å². The second kappa shape index (κ2) is 5.93. The number of anilines is 1. The molecule has 2 heterocycles. The first-order chi connectivity index (χ1) is 9.36. The van der Waals surface area contributed by atoms with Crippen LogP contribution < -0.4 is 10.6 Å². The summed E-state index contributed by atoms with van der Waals surface area (Å²) >= 11 is 0. The zero-order chi connectivity index (χ0) is 13.1. The summed E-state index contributed by atoms with van der Waals surface area (Å²) in [5.41, 5.74) is 4.31. The molecule has 0 aromatic heterocycles. The van der Waals surface area contributed by atoms with Crippen LogP contribution in [0.25, 0.3) is 0 Å². The van der Waals surface area contributed by atoms with E-state index in [1.165, 1.54) is 55.7 Å². The van der Waals surface area contributed by atoms with E-state index in [1.54, 1.807) is 0 Å². The van der Waals surface area contributed by atoms with Crippen LogP contribution in [-0.2, 0) is 13.0 Å². The molecule has 2 aliphatic rings. The topological polar surface area (TPSA) is 27.3 Å². The lowest BCUT2D eigenvalue weighted by atomic mass is 10.0. The van der Waals surface area contributed by atoms with Crippen LogP contribution in [0.3, 0.4) is 0 Å². The van der Waals surface area contributed by atoms with E-state index in [4.69, 9.17) is 0 Å². The van der Waals surface area contributed by atoms with E-state index in [9.17, 15) is 0 Å². The van der Waals surface area contributed by atoms with Crippen molar-refractivity contribution in [1.82, 2.24) is 10.2 Å². The molecule has 3 heteroatoms. The second-order valence-electron chi connectivity index (χ2n) is 5.72.